The van der Waals surface area contributed by atoms with E-state index in [0.29, 0.717) is 58.9 Å². The van der Waals surface area contributed by atoms with Crippen molar-refractivity contribution in [3.8, 4) is 0 Å². The van der Waals surface area contributed by atoms with E-state index < -0.39 is 28.4 Å². The molecule has 0 aliphatic carbocycles. The molecule has 1 amide bonds. The average molecular weight is 714 g/mol. The minimum absolute atomic E-state index is 0.0297. The highest BCUT2D eigenvalue weighted by Gasteiger charge is 2.27. The third-order valence-corrected chi connectivity index (χ3v) is 7.08. The minimum atomic E-state index is -0.672. The van der Waals surface area contributed by atoms with Gasteiger partial charge in [-0.25, -0.2) is 0 Å². The lowest BCUT2D eigenvalue weighted by molar-refractivity contribution is -0.159. The van der Waals surface area contributed by atoms with Crippen LogP contribution in [0.5, 0.6) is 0 Å². The summed E-state index contributed by atoms with van der Waals surface area (Å²) in [6, 6.07) is 0. The number of hydrogen-bond donors (Lipinski definition) is 0. The van der Waals surface area contributed by atoms with Crippen LogP contribution in [0.3, 0.4) is 0 Å². The Labute approximate surface area is 301 Å². The molecule has 0 N–H and O–H groups in total. The maximum Gasteiger partial charge on any atom is 0.326 e. The molecule has 1 saturated heterocycles. The lowest BCUT2D eigenvalue weighted by atomic mass is 10.2. The van der Waals surface area contributed by atoms with Crippen LogP contribution in [0, 0.1) is 0 Å². The highest BCUT2D eigenvalue weighted by Crippen LogP contribution is 2.12. The van der Waals surface area contributed by atoms with E-state index in [4.69, 9.17) is 18.9 Å². The Morgan fingerprint density at radius 2 is 0.680 bits per heavy atom. The number of esters is 4. The molecule has 0 aromatic heterocycles. The van der Waals surface area contributed by atoms with Crippen molar-refractivity contribution < 1.29 is 42.9 Å². The predicted octanol–water partition coefficient (Wildman–Crippen LogP) is 2.42. The summed E-state index contributed by atoms with van der Waals surface area (Å²) in [6.45, 7) is 27.3. The van der Waals surface area contributed by atoms with Gasteiger partial charge in [0, 0.05) is 58.9 Å². The number of nitrogens with zero attached hydrogens (tertiary/aromatic N) is 5. The van der Waals surface area contributed by atoms with Gasteiger partial charge in [-0.2, -0.15) is 0 Å². The maximum absolute atomic E-state index is 13.5. The van der Waals surface area contributed by atoms with Gasteiger partial charge in [0.15, 0.2) is 0 Å². The van der Waals surface area contributed by atoms with Gasteiger partial charge in [-0.3, -0.25) is 43.6 Å². The van der Waals surface area contributed by atoms with Gasteiger partial charge >= 0.3 is 23.9 Å². The maximum atomic E-state index is 13.5. The molecule has 1 fully saturated rings. The van der Waals surface area contributed by atoms with Crippen molar-refractivity contribution in [1.82, 2.24) is 24.5 Å². The Bertz CT molecular complexity index is 1070. The van der Waals surface area contributed by atoms with Crippen molar-refractivity contribution in [3.05, 3.63) is 0 Å². The molecular weight excluding hydrogens is 646 g/mol. The second-order valence-corrected chi connectivity index (χ2v) is 16.9. The van der Waals surface area contributed by atoms with Gasteiger partial charge in [0.25, 0.3) is 0 Å². The van der Waals surface area contributed by atoms with Crippen molar-refractivity contribution in [2.45, 2.75) is 112 Å². The Kier molecular flexibility index (Phi) is 17.8. The number of hydrogen-bond acceptors (Lipinski definition) is 13. The first-order valence-corrected chi connectivity index (χ1v) is 17.8. The van der Waals surface area contributed by atoms with Crippen LogP contribution in [0.2, 0.25) is 0 Å². The third kappa shape index (κ3) is 22.1. The molecule has 1 heterocycles. The van der Waals surface area contributed by atoms with Crippen LogP contribution >= 0.6 is 0 Å². The zero-order chi connectivity index (χ0) is 38.5. The second-order valence-electron chi connectivity index (χ2n) is 16.9. The quantitative estimate of drug-likeness (QED) is 0.229. The van der Waals surface area contributed by atoms with E-state index in [-0.39, 0.29) is 56.5 Å². The Balaban J connectivity index is 3.32. The molecule has 0 aromatic rings. The predicted molar refractivity (Wildman–Crippen MR) is 191 cm³/mol. The summed E-state index contributed by atoms with van der Waals surface area (Å²) in [5, 5.41) is 0. The number of likely N-dealkylation sites (N-methyl/N-ethyl adjacent to an activating group) is 1. The van der Waals surface area contributed by atoms with E-state index in [1.807, 2.05) is 88.8 Å². The summed E-state index contributed by atoms with van der Waals surface area (Å²) in [5.41, 5.74) is -2.62. The number of carbonyl (C=O) groups is 5. The van der Waals surface area contributed by atoms with E-state index in [9.17, 15) is 24.0 Å². The van der Waals surface area contributed by atoms with Crippen LogP contribution in [0.4, 0.5) is 0 Å². The zero-order valence-corrected chi connectivity index (χ0v) is 33.3. The average Bonchev–Trinajstić information content (AvgIpc) is 2.88. The number of amides is 1. The lowest BCUT2D eigenvalue weighted by Gasteiger charge is -2.34. The first kappa shape index (κ1) is 45.2. The summed E-state index contributed by atoms with van der Waals surface area (Å²) in [6.07, 6.45) is 0. The highest BCUT2D eigenvalue weighted by molar-refractivity contribution is 5.83. The van der Waals surface area contributed by atoms with Gasteiger partial charge in [-0.05, 0) is 90.0 Å². The van der Waals surface area contributed by atoms with Crippen molar-refractivity contribution in [2.75, 3.05) is 91.6 Å². The fourth-order valence-electron chi connectivity index (χ4n) is 5.08. The van der Waals surface area contributed by atoms with Gasteiger partial charge in [0.2, 0.25) is 5.91 Å². The van der Waals surface area contributed by atoms with Gasteiger partial charge in [0.05, 0.1) is 26.2 Å². The Morgan fingerprint density at radius 3 is 0.920 bits per heavy atom. The molecule has 50 heavy (non-hydrogen) atoms. The van der Waals surface area contributed by atoms with Crippen molar-refractivity contribution in [1.29, 1.82) is 0 Å². The number of carbonyl (C=O) groups excluding carboxylic acids is 5. The van der Waals surface area contributed by atoms with Crippen LogP contribution in [0.15, 0.2) is 0 Å². The standard InChI is InChI=1S/C36H67N5O9/c1-14-41(27-32(46)50-36(11,12)13)28(42)23-37-15-17-38(24-29(43)47-33(2,3)4)19-21-40(26-31(45)49-35(8,9)10)22-20-39(18-16-37)25-30(44)48-34(5,6)7/h14-27H2,1-13H3. The van der Waals surface area contributed by atoms with Crippen molar-refractivity contribution in [3.63, 3.8) is 0 Å². The summed E-state index contributed by atoms with van der Waals surface area (Å²) < 4.78 is 22.3. The molecule has 1 aliphatic rings. The largest absolute Gasteiger partial charge is 0.459 e. The Hall–Kier alpha value is -2.81. The van der Waals surface area contributed by atoms with Crippen LogP contribution in [0.1, 0.15) is 90.0 Å². The lowest BCUT2D eigenvalue weighted by Crippen LogP contribution is -2.51. The number of ether oxygens (including phenoxy) is 4. The smallest absolute Gasteiger partial charge is 0.326 e. The molecule has 0 unspecified atom stereocenters. The van der Waals surface area contributed by atoms with Crippen LogP contribution in [-0.2, 0) is 42.9 Å². The molecule has 14 nitrogen and oxygen atoms in total. The van der Waals surface area contributed by atoms with E-state index in [2.05, 4.69) is 0 Å². The zero-order valence-electron chi connectivity index (χ0n) is 33.3. The number of rotatable bonds is 11. The molecule has 0 bridgehead atoms. The molecule has 14 heteroatoms. The fourth-order valence-corrected chi connectivity index (χ4v) is 5.08. The molecule has 0 spiro atoms. The third-order valence-electron chi connectivity index (χ3n) is 7.08. The molecule has 290 valence electrons. The van der Waals surface area contributed by atoms with E-state index >= 15 is 0 Å². The van der Waals surface area contributed by atoms with Gasteiger partial charge in [-0.1, -0.05) is 0 Å². The second kappa shape index (κ2) is 19.7. The van der Waals surface area contributed by atoms with Crippen molar-refractivity contribution in [2.24, 2.45) is 0 Å². The molecule has 0 radical (unpaired) electrons. The summed E-state index contributed by atoms with van der Waals surface area (Å²) in [4.78, 5) is 74.2. The fraction of sp³-hybridized carbons (Fsp3) is 0.861. The normalized spacial score (nSPS) is 17.2. The highest BCUT2D eigenvalue weighted by atomic mass is 16.6. The minimum Gasteiger partial charge on any atom is -0.459 e. The molecular formula is C36H67N5O9. The SMILES string of the molecule is CCN(CC(=O)OC(C)(C)C)C(=O)CN1CCN(CC(=O)OC(C)(C)C)CCN(CC(=O)OC(C)(C)C)CCN(CC(=O)OC(C)(C)C)CC1. The molecule has 1 aliphatic heterocycles. The molecule has 1 rings (SSSR count). The topological polar surface area (TPSA) is 138 Å². The van der Waals surface area contributed by atoms with Crippen LogP contribution < -0.4 is 0 Å². The van der Waals surface area contributed by atoms with Crippen molar-refractivity contribution >= 4 is 29.8 Å². The summed E-state index contributed by atoms with van der Waals surface area (Å²) >= 11 is 0. The van der Waals surface area contributed by atoms with Gasteiger partial charge < -0.3 is 23.8 Å². The van der Waals surface area contributed by atoms with Gasteiger partial charge in [-0.15, -0.1) is 0 Å². The van der Waals surface area contributed by atoms with Gasteiger partial charge in [0.1, 0.15) is 28.9 Å². The Morgan fingerprint density at radius 1 is 0.440 bits per heavy atom. The summed E-state index contributed by atoms with van der Waals surface area (Å²) in [5.74, 6) is -1.82. The van der Waals surface area contributed by atoms with E-state index in [0.717, 1.165) is 0 Å². The summed E-state index contributed by atoms with van der Waals surface area (Å²) in [7, 11) is 0. The van der Waals surface area contributed by atoms with Crippen LogP contribution in [0.25, 0.3) is 0 Å². The first-order valence-electron chi connectivity index (χ1n) is 17.8. The molecule has 0 saturated carbocycles. The molecule has 0 atom stereocenters. The first-order chi connectivity index (χ1) is 22.7. The van der Waals surface area contributed by atoms with Crippen LogP contribution in [-0.4, -0.2) is 168 Å². The van der Waals surface area contributed by atoms with E-state index in [1.54, 1.807) is 20.8 Å². The van der Waals surface area contributed by atoms with E-state index in [1.165, 1.54) is 4.90 Å². The molecule has 0 aromatic carbocycles. The monoisotopic (exact) mass is 713 g/mol.